The van der Waals surface area contributed by atoms with E-state index in [9.17, 15) is 9.90 Å². The summed E-state index contributed by atoms with van der Waals surface area (Å²) >= 11 is 9.56. The van der Waals surface area contributed by atoms with Gasteiger partial charge in [-0.1, -0.05) is 52.9 Å². The van der Waals surface area contributed by atoms with Gasteiger partial charge in [-0.15, -0.1) is 0 Å². The zero-order valence-corrected chi connectivity index (χ0v) is 12.4. The van der Waals surface area contributed by atoms with Crippen LogP contribution in [0.4, 0.5) is 0 Å². The molecule has 1 N–H and O–H groups in total. The van der Waals surface area contributed by atoms with E-state index in [0.717, 1.165) is 42.1 Å². The molecule has 1 aliphatic rings. The van der Waals surface area contributed by atoms with Crippen LogP contribution in [0.3, 0.4) is 0 Å². The van der Waals surface area contributed by atoms with Crippen molar-refractivity contribution in [3.8, 4) is 0 Å². The number of hydrogen-bond donors (Lipinski definition) is 1. The van der Waals surface area contributed by atoms with Gasteiger partial charge in [0.2, 0.25) is 0 Å². The number of carboxylic acid groups (broad SMARTS) is 1. The van der Waals surface area contributed by atoms with Crippen LogP contribution in [0.15, 0.2) is 22.7 Å². The van der Waals surface area contributed by atoms with Crippen LogP contribution in [0.1, 0.15) is 37.7 Å². The Morgan fingerprint density at radius 2 is 2.00 bits per heavy atom. The molecule has 0 atom stereocenters. The second kappa shape index (κ2) is 5.62. The first-order valence-corrected chi connectivity index (χ1v) is 7.38. The normalized spacial score (nSPS) is 18.6. The Labute approximate surface area is 120 Å². The summed E-state index contributed by atoms with van der Waals surface area (Å²) in [4.78, 5) is 11.6. The molecule has 0 unspecified atom stereocenters. The van der Waals surface area contributed by atoms with Crippen molar-refractivity contribution in [3.63, 3.8) is 0 Å². The fraction of sp³-hybridized carbons (Fsp3) is 0.500. The highest BCUT2D eigenvalue weighted by molar-refractivity contribution is 9.10. The van der Waals surface area contributed by atoms with Crippen LogP contribution in [-0.2, 0) is 11.2 Å². The van der Waals surface area contributed by atoms with Crippen molar-refractivity contribution in [3.05, 3.63) is 33.3 Å². The van der Waals surface area contributed by atoms with Crippen molar-refractivity contribution < 1.29 is 9.90 Å². The lowest BCUT2D eigenvalue weighted by molar-refractivity contribution is -0.151. The summed E-state index contributed by atoms with van der Waals surface area (Å²) in [6.07, 6.45) is 5.20. The monoisotopic (exact) mass is 330 g/mol. The maximum Gasteiger partial charge on any atom is 0.309 e. The van der Waals surface area contributed by atoms with Gasteiger partial charge in [0.15, 0.2) is 0 Å². The first-order chi connectivity index (χ1) is 8.53. The van der Waals surface area contributed by atoms with E-state index in [1.54, 1.807) is 0 Å². The minimum absolute atomic E-state index is 0.536. The molecule has 0 saturated heterocycles. The summed E-state index contributed by atoms with van der Waals surface area (Å²) in [6, 6.07) is 5.67. The van der Waals surface area contributed by atoms with Gasteiger partial charge in [-0.25, -0.2) is 0 Å². The third-order valence-electron chi connectivity index (χ3n) is 3.81. The second-order valence-corrected chi connectivity index (χ2v) is 6.38. The highest BCUT2D eigenvalue weighted by Gasteiger charge is 2.39. The Balaban J connectivity index is 2.26. The molecule has 0 heterocycles. The Hall–Kier alpha value is -0.540. The maximum absolute atomic E-state index is 11.6. The molecule has 2 nitrogen and oxygen atoms in total. The number of carbonyl (C=O) groups is 1. The van der Waals surface area contributed by atoms with Crippen LogP contribution in [0.5, 0.6) is 0 Å². The van der Waals surface area contributed by atoms with E-state index in [2.05, 4.69) is 15.9 Å². The third kappa shape index (κ3) is 2.89. The van der Waals surface area contributed by atoms with Crippen molar-refractivity contribution in [1.82, 2.24) is 0 Å². The topological polar surface area (TPSA) is 37.3 Å². The van der Waals surface area contributed by atoms with Gasteiger partial charge in [0, 0.05) is 9.50 Å². The molecule has 0 amide bonds. The molecule has 4 heteroatoms. The number of benzene rings is 1. The summed E-state index contributed by atoms with van der Waals surface area (Å²) in [5, 5.41) is 10.2. The molecule has 1 aromatic carbocycles. The van der Waals surface area contributed by atoms with Gasteiger partial charge in [-0.05, 0) is 37.0 Å². The molecular formula is C14H16BrClO2. The first-order valence-electron chi connectivity index (χ1n) is 6.21. The summed E-state index contributed by atoms with van der Waals surface area (Å²) in [5.41, 5.74) is 0.319. The van der Waals surface area contributed by atoms with Crippen molar-refractivity contribution in [2.24, 2.45) is 5.41 Å². The lowest BCUT2D eigenvalue weighted by atomic mass is 9.70. The standard InChI is InChI=1S/C14H16BrClO2/c15-11-5-4-10(12(16)8-11)9-14(13(17)18)6-2-1-3-7-14/h4-5,8H,1-3,6-7,9H2,(H,17,18). The van der Waals surface area contributed by atoms with Gasteiger partial charge in [-0.2, -0.15) is 0 Å². The molecule has 0 aliphatic heterocycles. The van der Waals surface area contributed by atoms with E-state index >= 15 is 0 Å². The molecule has 1 aliphatic carbocycles. The van der Waals surface area contributed by atoms with E-state index in [0.29, 0.717) is 11.4 Å². The van der Waals surface area contributed by atoms with Crippen LogP contribution in [0.2, 0.25) is 5.02 Å². The summed E-state index contributed by atoms with van der Waals surface area (Å²) in [7, 11) is 0. The summed E-state index contributed by atoms with van der Waals surface area (Å²) < 4.78 is 0.921. The fourth-order valence-corrected chi connectivity index (χ4v) is 3.46. The third-order valence-corrected chi connectivity index (χ3v) is 4.65. The van der Waals surface area contributed by atoms with Gasteiger partial charge >= 0.3 is 5.97 Å². The van der Waals surface area contributed by atoms with Crippen molar-refractivity contribution in [1.29, 1.82) is 0 Å². The predicted molar refractivity (Wildman–Crippen MR) is 76.0 cm³/mol. The van der Waals surface area contributed by atoms with Crippen LogP contribution in [0, 0.1) is 5.41 Å². The van der Waals surface area contributed by atoms with E-state index in [4.69, 9.17) is 11.6 Å². The molecule has 2 rings (SSSR count). The zero-order valence-electron chi connectivity index (χ0n) is 10.1. The lowest BCUT2D eigenvalue weighted by Crippen LogP contribution is -2.35. The van der Waals surface area contributed by atoms with Crippen LogP contribution in [0.25, 0.3) is 0 Å². The van der Waals surface area contributed by atoms with Crippen molar-refractivity contribution in [2.75, 3.05) is 0 Å². The first kappa shape index (κ1) is 13.9. The maximum atomic E-state index is 11.6. The molecule has 0 spiro atoms. The number of hydrogen-bond acceptors (Lipinski definition) is 1. The number of halogens is 2. The number of carboxylic acids is 1. The molecular weight excluding hydrogens is 316 g/mol. The van der Waals surface area contributed by atoms with Crippen molar-refractivity contribution in [2.45, 2.75) is 38.5 Å². The smallest absolute Gasteiger partial charge is 0.309 e. The molecule has 1 fully saturated rings. The molecule has 98 valence electrons. The Morgan fingerprint density at radius 1 is 1.33 bits per heavy atom. The molecule has 1 aromatic rings. The summed E-state index contributed by atoms with van der Waals surface area (Å²) in [5.74, 6) is -0.679. The van der Waals surface area contributed by atoms with Crippen LogP contribution >= 0.6 is 27.5 Å². The van der Waals surface area contributed by atoms with E-state index < -0.39 is 11.4 Å². The Morgan fingerprint density at radius 3 is 2.56 bits per heavy atom. The average molecular weight is 332 g/mol. The minimum atomic E-state index is -0.679. The van der Waals surface area contributed by atoms with Gasteiger partial charge in [-0.3, -0.25) is 4.79 Å². The quantitative estimate of drug-likeness (QED) is 0.873. The van der Waals surface area contributed by atoms with Gasteiger partial charge in [0.05, 0.1) is 5.41 Å². The SMILES string of the molecule is O=C(O)C1(Cc2ccc(Br)cc2Cl)CCCCC1. The highest BCUT2D eigenvalue weighted by atomic mass is 79.9. The molecule has 1 saturated carbocycles. The van der Waals surface area contributed by atoms with Gasteiger partial charge < -0.3 is 5.11 Å². The Bertz CT molecular complexity index is 453. The molecule has 0 aromatic heterocycles. The predicted octanol–water partition coefficient (Wildman–Crippen LogP) is 4.68. The molecule has 0 radical (unpaired) electrons. The second-order valence-electron chi connectivity index (χ2n) is 5.06. The number of aliphatic carboxylic acids is 1. The summed E-state index contributed by atoms with van der Waals surface area (Å²) in [6.45, 7) is 0. The zero-order chi connectivity index (χ0) is 13.2. The van der Waals surface area contributed by atoms with E-state index in [1.807, 2.05) is 18.2 Å². The largest absolute Gasteiger partial charge is 0.481 e. The van der Waals surface area contributed by atoms with Gasteiger partial charge in [0.1, 0.15) is 0 Å². The number of rotatable bonds is 3. The molecule has 18 heavy (non-hydrogen) atoms. The van der Waals surface area contributed by atoms with Crippen molar-refractivity contribution >= 4 is 33.5 Å². The van der Waals surface area contributed by atoms with Gasteiger partial charge in [0.25, 0.3) is 0 Å². The highest BCUT2D eigenvalue weighted by Crippen LogP contribution is 2.41. The van der Waals surface area contributed by atoms with E-state index in [1.165, 1.54) is 0 Å². The lowest BCUT2D eigenvalue weighted by Gasteiger charge is -2.33. The Kier molecular flexibility index (Phi) is 4.33. The van der Waals surface area contributed by atoms with Crippen LogP contribution < -0.4 is 0 Å². The molecule has 0 bridgehead atoms. The fourth-order valence-electron chi connectivity index (χ4n) is 2.72. The average Bonchev–Trinajstić information content (AvgIpc) is 2.34. The minimum Gasteiger partial charge on any atom is -0.481 e. The van der Waals surface area contributed by atoms with Crippen LogP contribution in [-0.4, -0.2) is 11.1 Å². The van der Waals surface area contributed by atoms with E-state index in [-0.39, 0.29) is 0 Å².